The highest BCUT2D eigenvalue weighted by Gasteiger charge is 2.12. The minimum absolute atomic E-state index is 0.0102. The highest BCUT2D eigenvalue weighted by atomic mass is 16.3. The Labute approximate surface area is 108 Å². The molecule has 2 aromatic rings. The number of nitrogens with zero attached hydrogens (tertiary/aromatic N) is 2. The summed E-state index contributed by atoms with van der Waals surface area (Å²) in [6, 6.07) is 8.47. The second-order valence-electron chi connectivity index (χ2n) is 4.96. The molecule has 3 heteroatoms. The molecule has 0 aliphatic heterocycles. The van der Waals surface area contributed by atoms with Crippen molar-refractivity contribution in [1.82, 2.24) is 9.55 Å². The van der Waals surface area contributed by atoms with Crippen LogP contribution in [0, 0.1) is 6.92 Å². The van der Waals surface area contributed by atoms with E-state index in [1.807, 2.05) is 18.5 Å². The fourth-order valence-electron chi connectivity index (χ4n) is 2.06. The fraction of sp³-hybridized carbons (Fsp3) is 0.400. The topological polar surface area (TPSA) is 38.1 Å². The molecule has 0 aliphatic carbocycles. The molecule has 0 amide bonds. The van der Waals surface area contributed by atoms with E-state index in [2.05, 4.69) is 43.1 Å². The largest absolute Gasteiger partial charge is 0.390 e. The molecule has 0 fully saturated rings. The molecule has 0 spiro atoms. The summed E-state index contributed by atoms with van der Waals surface area (Å²) in [6.07, 6.45) is 0. The molecule has 0 aliphatic rings. The third kappa shape index (κ3) is 2.18. The molecule has 0 radical (unpaired) electrons. The zero-order valence-corrected chi connectivity index (χ0v) is 11.4. The summed E-state index contributed by atoms with van der Waals surface area (Å²) in [5.41, 5.74) is 4.18. The van der Waals surface area contributed by atoms with Crippen LogP contribution in [0.2, 0.25) is 0 Å². The predicted octanol–water partition coefficient (Wildman–Crippen LogP) is 3.01. The van der Waals surface area contributed by atoms with Gasteiger partial charge in [-0.1, -0.05) is 38.1 Å². The van der Waals surface area contributed by atoms with Crippen LogP contribution >= 0.6 is 0 Å². The van der Waals surface area contributed by atoms with Crippen molar-refractivity contribution < 1.29 is 5.11 Å². The van der Waals surface area contributed by atoms with Crippen LogP contribution in [0.3, 0.4) is 0 Å². The number of aliphatic hydroxyl groups is 1. The van der Waals surface area contributed by atoms with Crippen LogP contribution in [0.5, 0.6) is 0 Å². The van der Waals surface area contributed by atoms with Crippen molar-refractivity contribution in [2.24, 2.45) is 7.05 Å². The first-order chi connectivity index (χ1) is 8.54. The van der Waals surface area contributed by atoms with Crippen LogP contribution in [-0.2, 0) is 13.7 Å². The molecule has 0 unspecified atom stereocenters. The van der Waals surface area contributed by atoms with Gasteiger partial charge in [0, 0.05) is 18.3 Å². The quantitative estimate of drug-likeness (QED) is 0.901. The van der Waals surface area contributed by atoms with Gasteiger partial charge >= 0.3 is 0 Å². The van der Waals surface area contributed by atoms with Gasteiger partial charge in [0.25, 0.3) is 0 Å². The normalized spacial score (nSPS) is 11.2. The van der Waals surface area contributed by atoms with Gasteiger partial charge in [-0.2, -0.15) is 0 Å². The lowest BCUT2D eigenvalue weighted by Crippen LogP contribution is -1.95. The molecular formula is C15H20N2O. The smallest absolute Gasteiger partial charge is 0.140 e. The van der Waals surface area contributed by atoms with Crippen LogP contribution in [0.15, 0.2) is 24.3 Å². The van der Waals surface area contributed by atoms with Gasteiger partial charge in [-0.3, -0.25) is 0 Å². The van der Waals surface area contributed by atoms with E-state index in [1.54, 1.807) is 0 Å². The summed E-state index contributed by atoms with van der Waals surface area (Å²) < 4.78 is 2.02. The lowest BCUT2D eigenvalue weighted by molar-refractivity contribution is 0.276. The van der Waals surface area contributed by atoms with E-state index in [1.165, 1.54) is 5.56 Å². The van der Waals surface area contributed by atoms with Crippen LogP contribution < -0.4 is 0 Å². The van der Waals surface area contributed by atoms with Crippen LogP contribution in [-0.4, -0.2) is 14.7 Å². The molecule has 1 N–H and O–H groups in total. The number of hydrogen-bond acceptors (Lipinski definition) is 2. The lowest BCUT2D eigenvalue weighted by atomic mass is 10.0. The second kappa shape index (κ2) is 4.94. The number of aromatic nitrogens is 2. The van der Waals surface area contributed by atoms with Crippen LogP contribution in [0.25, 0.3) is 11.4 Å². The van der Waals surface area contributed by atoms with Gasteiger partial charge in [0.1, 0.15) is 5.82 Å². The highest BCUT2D eigenvalue weighted by Crippen LogP contribution is 2.23. The Kier molecular flexibility index (Phi) is 3.53. The van der Waals surface area contributed by atoms with Crippen molar-refractivity contribution in [1.29, 1.82) is 0 Å². The van der Waals surface area contributed by atoms with Gasteiger partial charge in [0.05, 0.1) is 12.3 Å². The lowest BCUT2D eigenvalue weighted by Gasteiger charge is -2.07. The van der Waals surface area contributed by atoms with E-state index >= 15 is 0 Å². The summed E-state index contributed by atoms with van der Waals surface area (Å²) >= 11 is 0. The highest BCUT2D eigenvalue weighted by molar-refractivity contribution is 5.57. The summed E-state index contributed by atoms with van der Waals surface area (Å²) in [5.74, 6) is 1.45. The third-order valence-corrected chi connectivity index (χ3v) is 3.46. The first kappa shape index (κ1) is 12.8. The summed E-state index contributed by atoms with van der Waals surface area (Å²) in [5, 5.41) is 9.24. The molecule has 0 saturated heterocycles. The number of aliphatic hydroxyl groups excluding tert-OH is 1. The first-order valence-corrected chi connectivity index (χ1v) is 6.28. The Bertz CT molecular complexity index is 538. The molecular weight excluding hydrogens is 224 g/mol. The minimum Gasteiger partial charge on any atom is -0.390 e. The van der Waals surface area contributed by atoms with Gasteiger partial charge in [-0.25, -0.2) is 4.98 Å². The Morgan fingerprint density at radius 2 is 1.83 bits per heavy atom. The van der Waals surface area contributed by atoms with Crippen LogP contribution in [0.1, 0.15) is 36.7 Å². The van der Waals surface area contributed by atoms with Gasteiger partial charge in [-0.05, 0) is 18.4 Å². The standard InChI is InChI=1S/C15H20N2O/c1-10(2)12-5-7-13(8-6-12)15-16-14(9-18)11(3)17(15)4/h5-8,10,18H,9H2,1-4H3. The van der Waals surface area contributed by atoms with Crippen molar-refractivity contribution >= 4 is 0 Å². The Hall–Kier alpha value is -1.61. The Morgan fingerprint density at radius 1 is 1.22 bits per heavy atom. The molecule has 0 bridgehead atoms. The number of imidazole rings is 1. The SMILES string of the molecule is Cc1c(CO)nc(-c2ccc(C(C)C)cc2)n1C. The van der Waals surface area contributed by atoms with E-state index in [0.29, 0.717) is 5.92 Å². The van der Waals surface area contributed by atoms with Crippen molar-refractivity contribution in [2.45, 2.75) is 33.3 Å². The second-order valence-corrected chi connectivity index (χ2v) is 4.96. The molecule has 0 saturated carbocycles. The van der Waals surface area contributed by atoms with E-state index in [-0.39, 0.29) is 6.61 Å². The first-order valence-electron chi connectivity index (χ1n) is 6.28. The van der Waals surface area contributed by atoms with Gasteiger partial charge in [0.15, 0.2) is 0 Å². The maximum Gasteiger partial charge on any atom is 0.140 e. The molecule has 96 valence electrons. The molecule has 3 nitrogen and oxygen atoms in total. The molecule has 0 atom stereocenters. The van der Waals surface area contributed by atoms with Crippen molar-refractivity contribution in [3.63, 3.8) is 0 Å². The fourth-order valence-corrected chi connectivity index (χ4v) is 2.06. The zero-order valence-electron chi connectivity index (χ0n) is 11.4. The van der Waals surface area contributed by atoms with Gasteiger partial charge in [-0.15, -0.1) is 0 Å². The molecule has 18 heavy (non-hydrogen) atoms. The molecule has 1 aromatic heterocycles. The number of hydrogen-bond donors (Lipinski definition) is 1. The number of benzene rings is 1. The van der Waals surface area contributed by atoms with E-state index in [9.17, 15) is 5.11 Å². The van der Waals surface area contributed by atoms with Gasteiger partial charge in [0.2, 0.25) is 0 Å². The molecule has 1 heterocycles. The van der Waals surface area contributed by atoms with Gasteiger partial charge < -0.3 is 9.67 Å². The van der Waals surface area contributed by atoms with Crippen molar-refractivity contribution in [3.05, 3.63) is 41.2 Å². The predicted molar refractivity (Wildman–Crippen MR) is 73.4 cm³/mol. The van der Waals surface area contributed by atoms with E-state index in [0.717, 1.165) is 22.8 Å². The minimum atomic E-state index is -0.0102. The summed E-state index contributed by atoms with van der Waals surface area (Å²) in [7, 11) is 1.98. The Morgan fingerprint density at radius 3 is 2.28 bits per heavy atom. The third-order valence-electron chi connectivity index (χ3n) is 3.46. The summed E-state index contributed by atoms with van der Waals surface area (Å²) in [4.78, 5) is 4.49. The van der Waals surface area contributed by atoms with Crippen molar-refractivity contribution in [3.8, 4) is 11.4 Å². The number of rotatable bonds is 3. The maximum atomic E-state index is 9.24. The monoisotopic (exact) mass is 244 g/mol. The average molecular weight is 244 g/mol. The Balaban J connectivity index is 2.42. The van der Waals surface area contributed by atoms with Crippen LogP contribution in [0.4, 0.5) is 0 Å². The molecule has 1 aromatic carbocycles. The zero-order chi connectivity index (χ0) is 13.3. The maximum absolute atomic E-state index is 9.24. The average Bonchev–Trinajstić information content (AvgIpc) is 2.66. The molecule has 2 rings (SSSR count). The van der Waals surface area contributed by atoms with E-state index < -0.39 is 0 Å². The van der Waals surface area contributed by atoms with E-state index in [4.69, 9.17) is 0 Å². The summed E-state index contributed by atoms with van der Waals surface area (Å²) in [6.45, 7) is 6.34. The van der Waals surface area contributed by atoms with Crippen molar-refractivity contribution in [2.75, 3.05) is 0 Å².